The zero-order valence-corrected chi connectivity index (χ0v) is 15.2. The summed E-state index contributed by atoms with van der Waals surface area (Å²) < 4.78 is 0. The summed E-state index contributed by atoms with van der Waals surface area (Å²) in [5.74, 6) is 0.394. The molecule has 0 spiro atoms. The van der Waals surface area contributed by atoms with E-state index in [9.17, 15) is 0 Å². The summed E-state index contributed by atoms with van der Waals surface area (Å²) in [7, 11) is 0. The molecule has 1 atom stereocenters. The lowest BCUT2D eigenvalue weighted by atomic mass is 9.87. The van der Waals surface area contributed by atoms with E-state index in [1.54, 1.807) is 0 Å². The molecule has 0 radical (unpaired) electrons. The van der Waals surface area contributed by atoms with Gasteiger partial charge in [-0.3, -0.25) is 5.43 Å². The summed E-state index contributed by atoms with van der Waals surface area (Å²) >= 11 is 0. The average Bonchev–Trinajstić information content (AvgIpc) is 3.09. The lowest BCUT2D eigenvalue weighted by molar-refractivity contribution is 0.516. The van der Waals surface area contributed by atoms with Crippen LogP contribution < -0.4 is 5.43 Å². The molecule has 0 aromatic heterocycles. The van der Waals surface area contributed by atoms with Crippen molar-refractivity contribution in [1.29, 1.82) is 0 Å². The Morgan fingerprint density at radius 2 is 1.60 bits per heavy atom. The largest absolute Gasteiger partial charge is 0.278 e. The molecule has 0 heterocycles. The Labute approximate surface area is 151 Å². The third-order valence-electron chi connectivity index (χ3n) is 4.41. The van der Waals surface area contributed by atoms with Gasteiger partial charge in [0.25, 0.3) is 0 Å². The van der Waals surface area contributed by atoms with Crippen LogP contribution in [0.2, 0.25) is 0 Å². The highest BCUT2D eigenvalue weighted by atomic mass is 15.3. The van der Waals surface area contributed by atoms with Crippen molar-refractivity contribution in [1.82, 2.24) is 0 Å². The maximum absolute atomic E-state index is 4.72. The van der Waals surface area contributed by atoms with E-state index in [2.05, 4.69) is 68.7 Å². The van der Waals surface area contributed by atoms with Gasteiger partial charge in [-0.15, -0.1) is 0 Å². The first-order chi connectivity index (χ1) is 12.0. The maximum Gasteiger partial charge on any atom is 0.0688 e. The Hall–Kier alpha value is -2.61. The van der Waals surface area contributed by atoms with E-state index >= 15 is 0 Å². The van der Waals surface area contributed by atoms with Gasteiger partial charge in [-0.25, -0.2) is 0 Å². The van der Waals surface area contributed by atoms with Crippen molar-refractivity contribution in [2.75, 3.05) is 5.43 Å². The molecule has 1 unspecified atom stereocenters. The van der Waals surface area contributed by atoms with Gasteiger partial charge in [0.15, 0.2) is 0 Å². The zero-order valence-electron chi connectivity index (χ0n) is 15.2. The smallest absolute Gasteiger partial charge is 0.0688 e. The monoisotopic (exact) mass is 330 g/mol. The van der Waals surface area contributed by atoms with Crippen LogP contribution in [-0.4, -0.2) is 5.71 Å². The third kappa shape index (κ3) is 4.69. The molecule has 1 N–H and O–H groups in total. The van der Waals surface area contributed by atoms with Crippen molar-refractivity contribution in [2.24, 2.45) is 16.4 Å². The molecule has 1 aliphatic carbocycles. The van der Waals surface area contributed by atoms with E-state index in [1.165, 1.54) is 5.57 Å². The summed E-state index contributed by atoms with van der Waals surface area (Å²) in [5.41, 5.74) is 8.04. The van der Waals surface area contributed by atoms with Gasteiger partial charge in [-0.1, -0.05) is 87.5 Å². The second-order valence-corrected chi connectivity index (χ2v) is 7.50. The highest BCUT2D eigenvalue weighted by molar-refractivity contribution is 6.01. The first-order valence-electron chi connectivity index (χ1n) is 8.86. The molecule has 0 saturated heterocycles. The lowest BCUT2D eigenvalue weighted by Gasteiger charge is -2.18. The van der Waals surface area contributed by atoms with Crippen LogP contribution in [0, 0.1) is 11.3 Å². The molecule has 25 heavy (non-hydrogen) atoms. The summed E-state index contributed by atoms with van der Waals surface area (Å²) in [6.07, 6.45) is 7.82. The van der Waals surface area contributed by atoms with E-state index in [0.29, 0.717) is 5.92 Å². The molecule has 2 nitrogen and oxygen atoms in total. The molecule has 2 aromatic rings. The van der Waals surface area contributed by atoms with E-state index in [1.807, 2.05) is 36.4 Å². The molecule has 2 heteroatoms. The lowest BCUT2D eigenvalue weighted by Crippen LogP contribution is -2.10. The molecule has 3 rings (SSSR count). The summed E-state index contributed by atoms with van der Waals surface area (Å²) in [4.78, 5) is 0. The van der Waals surface area contributed by atoms with Gasteiger partial charge < -0.3 is 0 Å². The van der Waals surface area contributed by atoms with Crippen LogP contribution in [0.5, 0.6) is 0 Å². The summed E-state index contributed by atoms with van der Waals surface area (Å²) in [5, 5.41) is 4.72. The fraction of sp³-hybridized carbons (Fsp3) is 0.261. The highest BCUT2D eigenvalue weighted by Gasteiger charge is 2.21. The topological polar surface area (TPSA) is 24.4 Å². The number of allylic oxidation sites excluding steroid dienone is 4. The van der Waals surface area contributed by atoms with Gasteiger partial charge in [0.1, 0.15) is 0 Å². The van der Waals surface area contributed by atoms with Gasteiger partial charge in [-0.05, 0) is 28.7 Å². The molecule has 2 aromatic carbocycles. The van der Waals surface area contributed by atoms with Gasteiger partial charge >= 0.3 is 0 Å². The number of rotatable bonds is 5. The van der Waals surface area contributed by atoms with Crippen molar-refractivity contribution in [3.8, 4) is 0 Å². The minimum absolute atomic E-state index is 0.192. The fourth-order valence-corrected chi connectivity index (χ4v) is 2.92. The summed E-state index contributed by atoms with van der Waals surface area (Å²) in [6, 6.07) is 20.5. The predicted molar refractivity (Wildman–Crippen MR) is 108 cm³/mol. The quantitative estimate of drug-likeness (QED) is 0.523. The van der Waals surface area contributed by atoms with Crippen molar-refractivity contribution in [3.63, 3.8) is 0 Å². The number of hydrazone groups is 1. The second kappa shape index (κ2) is 7.52. The Kier molecular flexibility index (Phi) is 5.18. The van der Waals surface area contributed by atoms with E-state index in [0.717, 1.165) is 23.4 Å². The van der Waals surface area contributed by atoms with Crippen molar-refractivity contribution in [2.45, 2.75) is 27.2 Å². The van der Waals surface area contributed by atoms with Crippen LogP contribution >= 0.6 is 0 Å². The minimum atomic E-state index is 0.192. The van der Waals surface area contributed by atoms with Crippen LogP contribution in [0.15, 0.2) is 89.6 Å². The molecule has 0 aliphatic heterocycles. The van der Waals surface area contributed by atoms with Gasteiger partial charge in [0.2, 0.25) is 0 Å². The number of nitrogens with zero attached hydrogens (tertiary/aromatic N) is 1. The van der Waals surface area contributed by atoms with Gasteiger partial charge in [-0.2, -0.15) is 5.10 Å². The number of hydrogen-bond donors (Lipinski definition) is 1. The molecule has 0 saturated carbocycles. The van der Waals surface area contributed by atoms with E-state index in [-0.39, 0.29) is 5.41 Å². The van der Waals surface area contributed by atoms with Gasteiger partial charge in [0.05, 0.1) is 11.4 Å². The number of para-hydroxylation sites is 1. The van der Waals surface area contributed by atoms with Crippen LogP contribution in [0.1, 0.15) is 32.8 Å². The average molecular weight is 330 g/mol. The number of anilines is 1. The van der Waals surface area contributed by atoms with Crippen LogP contribution in [0.25, 0.3) is 0 Å². The molecule has 0 amide bonds. The van der Waals surface area contributed by atoms with E-state index in [4.69, 9.17) is 5.10 Å². The zero-order chi connectivity index (χ0) is 17.7. The Bertz CT molecular complexity index is 778. The molecule has 0 fully saturated rings. The van der Waals surface area contributed by atoms with Crippen molar-refractivity contribution >= 4 is 11.4 Å². The standard InChI is InChI=1S/C23H26N2/c1-23(2,3)20-15-14-18(16-20)17-22(19-10-6-4-7-11-19)25-24-21-12-8-5-9-13-21/h4-16,18,24H,17H2,1-3H3. The van der Waals surface area contributed by atoms with E-state index < -0.39 is 0 Å². The SMILES string of the molecule is CC(C)(C)C1=CC(CC(=NNc2ccccc2)c2ccccc2)C=C1. The number of hydrogen-bond acceptors (Lipinski definition) is 2. The highest BCUT2D eigenvalue weighted by Crippen LogP contribution is 2.33. The minimum Gasteiger partial charge on any atom is -0.278 e. The molecule has 1 aliphatic rings. The molecular weight excluding hydrogens is 304 g/mol. The Morgan fingerprint density at radius 1 is 0.960 bits per heavy atom. The first kappa shape index (κ1) is 17.2. The first-order valence-corrected chi connectivity index (χ1v) is 8.86. The summed E-state index contributed by atoms with van der Waals surface area (Å²) in [6.45, 7) is 6.78. The van der Waals surface area contributed by atoms with Crippen molar-refractivity contribution < 1.29 is 0 Å². The molecule has 128 valence electrons. The maximum atomic E-state index is 4.72. The third-order valence-corrected chi connectivity index (χ3v) is 4.41. The molecular formula is C23H26N2. The Balaban J connectivity index is 1.81. The second-order valence-electron chi connectivity index (χ2n) is 7.50. The van der Waals surface area contributed by atoms with Crippen LogP contribution in [-0.2, 0) is 0 Å². The van der Waals surface area contributed by atoms with Crippen LogP contribution in [0.4, 0.5) is 5.69 Å². The van der Waals surface area contributed by atoms with Gasteiger partial charge in [0, 0.05) is 12.3 Å². The fourth-order valence-electron chi connectivity index (χ4n) is 2.92. The number of nitrogens with one attached hydrogen (secondary N) is 1. The predicted octanol–water partition coefficient (Wildman–Crippen LogP) is 6.05. The number of benzene rings is 2. The normalized spacial score (nSPS) is 17.5. The van der Waals surface area contributed by atoms with Crippen LogP contribution in [0.3, 0.4) is 0 Å². The van der Waals surface area contributed by atoms with Crippen molar-refractivity contribution in [3.05, 3.63) is 90.0 Å². The molecule has 0 bridgehead atoms. The Morgan fingerprint density at radius 3 is 2.20 bits per heavy atom.